The summed E-state index contributed by atoms with van der Waals surface area (Å²) in [6.07, 6.45) is 12.8. The number of ether oxygens (including phenoxy) is 1. The molecular weight excluding hydrogens is 316 g/mol. The van der Waals surface area contributed by atoms with Crippen molar-refractivity contribution < 1.29 is 14.6 Å². The van der Waals surface area contributed by atoms with Gasteiger partial charge in [0.05, 0.1) is 5.69 Å². The summed E-state index contributed by atoms with van der Waals surface area (Å²) in [5, 5.41) is 12.1. The van der Waals surface area contributed by atoms with Gasteiger partial charge in [-0.1, -0.05) is 64.7 Å². The second kappa shape index (κ2) is 13.4. The number of nitrogens with two attached hydrogens (primary N) is 1. The lowest BCUT2D eigenvalue weighted by atomic mass is 10.1. The van der Waals surface area contributed by atoms with E-state index >= 15 is 0 Å². The molecule has 5 heteroatoms. The van der Waals surface area contributed by atoms with Crippen molar-refractivity contribution in [3.8, 4) is 11.5 Å². The molecule has 0 aliphatic carbocycles. The van der Waals surface area contributed by atoms with Gasteiger partial charge in [-0.2, -0.15) is 0 Å². The molecule has 1 amide bonds. The molecule has 0 unspecified atom stereocenters. The fourth-order valence-corrected chi connectivity index (χ4v) is 2.70. The van der Waals surface area contributed by atoms with E-state index in [9.17, 15) is 9.90 Å². The van der Waals surface area contributed by atoms with Crippen molar-refractivity contribution in [1.29, 1.82) is 0 Å². The fourth-order valence-electron chi connectivity index (χ4n) is 2.70. The zero-order valence-corrected chi connectivity index (χ0v) is 15.6. The molecule has 0 spiro atoms. The third-order valence-corrected chi connectivity index (χ3v) is 4.20. The van der Waals surface area contributed by atoms with E-state index in [0.717, 1.165) is 12.8 Å². The Bertz CT molecular complexity index is 492. The highest BCUT2D eigenvalue weighted by Crippen LogP contribution is 2.25. The Kier molecular flexibility index (Phi) is 11.3. The first kappa shape index (κ1) is 21.1. The number of nitrogen functional groups attached to an aromatic ring is 1. The van der Waals surface area contributed by atoms with Gasteiger partial charge in [-0.3, -0.25) is 4.79 Å². The molecule has 25 heavy (non-hydrogen) atoms. The molecule has 0 fully saturated rings. The lowest BCUT2D eigenvalue weighted by Crippen LogP contribution is -2.29. The van der Waals surface area contributed by atoms with Crippen LogP contribution in [-0.4, -0.2) is 24.2 Å². The number of benzene rings is 1. The highest BCUT2D eigenvalue weighted by atomic mass is 16.5. The first-order valence-electron chi connectivity index (χ1n) is 9.61. The summed E-state index contributed by atoms with van der Waals surface area (Å²) in [4.78, 5) is 11.7. The summed E-state index contributed by atoms with van der Waals surface area (Å²) >= 11 is 0. The van der Waals surface area contributed by atoms with Crippen molar-refractivity contribution in [3.05, 3.63) is 18.2 Å². The third kappa shape index (κ3) is 10.5. The van der Waals surface area contributed by atoms with Crippen LogP contribution in [0.1, 0.15) is 71.1 Å². The summed E-state index contributed by atoms with van der Waals surface area (Å²) < 4.78 is 5.36. The topological polar surface area (TPSA) is 84.6 Å². The van der Waals surface area contributed by atoms with Crippen molar-refractivity contribution >= 4 is 11.6 Å². The van der Waals surface area contributed by atoms with E-state index in [1.54, 1.807) is 6.07 Å². The molecule has 4 N–H and O–H groups in total. The average Bonchev–Trinajstić information content (AvgIpc) is 2.59. The normalized spacial score (nSPS) is 10.6. The second-order valence-electron chi connectivity index (χ2n) is 6.54. The van der Waals surface area contributed by atoms with Crippen LogP contribution in [0.15, 0.2) is 18.2 Å². The van der Waals surface area contributed by atoms with Crippen molar-refractivity contribution in [1.82, 2.24) is 5.32 Å². The lowest BCUT2D eigenvalue weighted by molar-refractivity contribution is -0.123. The number of hydrogen-bond donors (Lipinski definition) is 3. The first-order valence-corrected chi connectivity index (χ1v) is 9.61. The second-order valence-corrected chi connectivity index (χ2v) is 6.54. The van der Waals surface area contributed by atoms with Gasteiger partial charge in [-0.15, -0.1) is 0 Å². The van der Waals surface area contributed by atoms with Crippen molar-refractivity contribution in [3.63, 3.8) is 0 Å². The summed E-state index contributed by atoms with van der Waals surface area (Å²) in [6.45, 7) is 2.87. The highest BCUT2D eigenvalue weighted by Gasteiger charge is 2.05. The van der Waals surface area contributed by atoms with Gasteiger partial charge in [0, 0.05) is 12.6 Å². The number of phenolic OH excluding ortho intramolecular Hbond substituents is 1. The molecule has 0 aliphatic heterocycles. The molecule has 0 saturated carbocycles. The number of anilines is 1. The van der Waals surface area contributed by atoms with Gasteiger partial charge in [0.25, 0.3) is 5.91 Å². The van der Waals surface area contributed by atoms with Crippen LogP contribution in [-0.2, 0) is 4.79 Å². The molecule has 0 aliphatic rings. The monoisotopic (exact) mass is 350 g/mol. The number of nitrogens with one attached hydrogen (secondary N) is 1. The van der Waals surface area contributed by atoms with Crippen LogP contribution < -0.4 is 15.8 Å². The number of aromatic hydroxyl groups is 1. The Balaban J connectivity index is 1.95. The number of unbranched alkanes of at least 4 members (excludes halogenated alkanes) is 9. The highest BCUT2D eigenvalue weighted by molar-refractivity contribution is 5.77. The van der Waals surface area contributed by atoms with Crippen LogP contribution in [0.5, 0.6) is 11.5 Å². The quantitative estimate of drug-likeness (QED) is 0.343. The van der Waals surface area contributed by atoms with E-state index in [-0.39, 0.29) is 18.3 Å². The van der Waals surface area contributed by atoms with Gasteiger partial charge < -0.3 is 20.9 Å². The van der Waals surface area contributed by atoms with E-state index in [4.69, 9.17) is 10.5 Å². The van der Waals surface area contributed by atoms with Crippen LogP contribution in [0, 0.1) is 0 Å². The van der Waals surface area contributed by atoms with Crippen LogP contribution >= 0.6 is 0 Å². The average molecular weight is 351 g/mol. The van der Waals surface area contributed by atoms with Crippen molar-refractivity contribution in [2.75, 3.05) is 18.9 Å². The molecule has 0 saturated heterocycles. The molecule has 5 nitrogen and oxygen atoms in total. The molecule has 0 heterocycles. The number of carbonyl (C=O) groups excluding carboxylic acids is 1. The Hall–Kier alpha value is -1.91. The van der Waals surface area contributed by atoms with Gasteiger partial charge in [0.2, 0.25) is 0 Å². The maximum Gasteiger partial charge on any atom is 0.257 e. The Morgan fingerprint density at radius 2 is 1.64 bits per heavy atom. The minimum atomic E-state index is -0.150. The number of carbonyl (C=O) groups is 1. The summed E-state index contributed by atoms with van der Waals surface area (Å²) in [5.74, 6) is 0.338. The van der Waals surface area contributed by atoms with Crippen molar-refractivity contribution in [2.45, 2.75) is 71.1 Å². The van der Waals surface area contributed by atoms with E-state index in [0.29, 0.717) is 18.0 Å². The van der Waals surface area contributed by atoms with E-state index in [1.165, 1.54) is 63.5 Å². The minimum absolute atomic E-state index is 0.0628. The standard InChI is InChI=1S/C20H34N2O3/c1-2-3-4-5-6-7-8-9-10-11-14-22-20(24)16-25-19-13-12-17(23)15-18(19)21/h12-13,15,23H,2-11,14,16,21H2,1H3,(H,22,24). The maximum atomic E-state index is 11.7. The maximum absolute atomic E-state index is 11.7. The molecule has 0 bridgehead atoms. The van der Waals surface area contributed by atoms with Crippen LogP contribution in [0.2, 0.25) is 0 Å². The number of rotatable bonds is 14. The van der Waals surface area contributed by atoms with Gasteiger partial charge in [-0.25, -0.2) is 0 Å². The zero-order valence-electron chi connectivity index (χ0n) is 15.6. The van der Waals surface area contributed by atoms with Crippen LogP contribution in [0.4, 0.5) is 5.69 Å². The molecule has 0 atom stereocenters. The molecule has 1 rings (SSSR count). The minimum Gasteiger partial charge on any atom is -0.508 e. The summed E-state index contributed by atoms with van der Waals surface area (Å²) in [6, 6.07) is 4.44. The van der Waals surface area contributed by atoms with Gasteiger partial charge in [-0.05, 0) is 18.6 Å². The van der Waals surface area contributed by atoms with Crippen LogP contribution in [0.3, 0.4) is 0 Å². The molecule has 142 valence electrons. The van der Waals surface area contributed by atoms with Crippen LogP contribution in [0.25, 0.3) is 0 Å². The molecule has 1 aromatic carbocycles. The molecule has 0 aromatic heterocycles. The van der Waals surface area contributed by atoms with E-state index < -0.39 is 0 Å². The van der Waals surface area contributed by atoms with Gasteiger partial charge in [0.15, 0.2) is 6.61 Å². The summed E-state index contributed by atoms with van der Waals surface area (Å²) in [7, 11) is 0. The Morgan fingerprint density at radius 3 is 2.24 bits per heavy atom. The summed E-state index contributed by atoms with van der Waals surface area (Å²) in [5.41, 5.74) is 6.03. The van der Waals surface area contributed by atoms with Gasteiger partial charge >= 0.3 is 0 Å². The van der Waals surface area contributed by atoms with Gasteiger partial charge in [0.1, 0.15) is 11.5 Å². The molecule has 1 aromatic rings. The molecule has 0 radical (unpaired) electrons. The van der Waals surface area contributed by atoms with Crippen molar-refractivity contribution in [2.24, 2.45) is 0 Å². The van der Waals surface area contributed by atoms with E-state index in [1.807, 2.05) is 0 Å². The number of phenols is 1. The number of amides is 1. The predicted molar refractivity (Wildman–Crippen MR) is 103 cm³/mol. The lowest BCUT2D eigenvalue weighted by Gasteiger charge is -2.09. The smallest absolute Gasteiger partial charge is 0.257 e. The van der Waals surface area contributed by atoms with E-state index in [2.05, 4.69) is 12.2 Å². The largest absolute Gasteiger partial charge is 0.508 e. The Morgan fingerprint density at radius 1 is 1.04 bits per heavy atom. The third-order valence-electron chi connectivity index (χ3n) is 4.20. The fraction of sp³-hybridized carbons (Fsp3) is 0.650. The molecular formula is C20H34N2O3. The predicted octanol–water partition coefficient (Wildman–Crippen LogP) is 4.39. The number of hydrogen-bond acceptors (Lipinski definition) is 4. The first-order chi connectivity index (χ1) is 12.1. The zero-order chi connectivity index (χ0) is 18.3. The Labute approximate surface area is 151 Å². The SMILES string of the molecule is CCCCCCCCCCCCNC(=O)COc1ccc(O)cc1N.